The summed E-state index contributed by atoms with van der Waals surface area (Å²) in [4.78, 5) is 0. The van der Waals surface area contributed by atoms with Crippen molar-refractivity contribution in [3.05, 3.63) is 35.4 Å². The number of benzene rings is 1. The third-order valence-corrected chi connectivity index (χ3v) is 5.98. The fourth-order valence-electron chi connectivity index (χ4n) is 4.74. The van der Waals surface area contributed by atoms with Crippen LogP contribution in [0.2, 0.25) is 0 Å². The first-order valence-corrected chi connectivity index (χ1v) is 8.12. The lowest BCUT2D eigenvalue weighted by atomic mass is 9.46. The number of nitrogens with zero attached hydrogens (tertiary/aromatic N) is 1. The molecule has 2 saturated carbocycles. The molecule has 0 aromatic heterocycles. The molecule has 2 aliphatic carbocycles. The van der Waals surface area contributed by atoms with Crippen LogP contribution >= 0.6 is 0 Å². The van der Waals surface area contributed by atoms with Crippen LogP contribution in [0, 0.1) is 22.7 Å². The van der Waals surface area contributed by atoms with Gasteiger partial charge in [-0.1, -0.05) is 18.6 Å². The third kappa shape index (κ3) is 1.86. The molecule has 1 spiro atoms. The van der Waals surface area contributed by atoms with Crippen molar-refractivity contribution in [2.45, 2.75) is 50.8 Å². The van der Waals surface area contributed by atoms with E-state index in [0.717, 1.165) is 12.2 Å². The van der Waals surface area contributed by atoms with Gasteiger partial charge in [-0.15, -0.1) is 0 Å². The first-order valence-electron chi connectivity index (χ1n) is 8.12. The highest BCUT2D eigenvalue weighted by atomic mass is 16.5. The van der Waals surface area contributed by atoms with Gasteiger partial charge in [0.25, 0.3) is 0 Å². The van der Waals surface area contributed by atoms with Crippen molar-refractivity contribution < 1.29 is 4.74 Å². The molecule has 1 aliphatic heterocycles. The van der Waals surface area contributed by atoms with Crippen molar-refractivity contribution in [3.63, 3.8) is 0 Å². The average molecular weight is 282 g/mol. The lowest BCUT2D eigenvalue weighted by molar-refractivity contribution is -0.178. The van der Waals surface area contributed by atoms with Crippen LogP contribution in [0.3, 0.4) is 0 Å². The van der Waals surface area contributed by atoms with E-state index in [1.807, 2.05) is 18.2 Å². The minimum absolute atomic E-state index is 0.294. The highest BCUT2D eigenvalue weighted by Gasteiger charge is 2.66. The number of fused-ring (bicyclic) bond motifs is 2. The van der Waals surface area contributed by atoms with Crippen LogP contribution in [0.5, 0.6) is 0 Å². The summed E-state index contributed by atoms with van der Waals surface area (Å²) in [5.74, 6) is 0.701. The highest BCUT2D eigenvalue weighted by molar-refractivity contribution is 5.34. The Morgan fingerprint density at radius 2 is 2.29 bits per heavy atom. The molecule has 0 bridgehead atoms. The number of rotatable bonds is 3. The van der Waals surface area contributed by atoms with Gasteiger partial charge in [0.05, 0.1) is 17.7 Å². The van der Waals surface area contributed by atoms with E-state index in [1.54, 1.807) is 0 Å². The van der Waals surface area contributed by atoms with Gasteiger partial charge in [0.2, 0.25) is 0 Å². The maximum absolute atomic E-state index is 9.05. The Hall–Kier alpha value is -1.37. The highest BCUT2D eigenvalue weighted by Crippen LogP contribution is 2.63. The number of hydrogen-bond acceptors (Lipinski definition) is 3. The molecule has 21 heavy (non-hydrogen) atoms. The second-order valence-corrected chi connectivity index (χ2v) is 6.93. The Labute approximate surface area is 126 Å². The molecule has 3 fully saturated rings. The van der Waals surface area contributed by atoms with Crippen LogP contribution in [0.25, 0.3) is 0 Å². The molecule has 0 unspecified atom stereocenters. The smallest absolute Gasteiger partial charge is 0.0991 e. The molecule has 1 saturated heterocycles. The van der Waals surface area contributed by atoms with Gasteiger partial charge < -0.3 is 10.1 Å². The summed E-state index contributed by atoms with van der Waals surface area (Å²) < 4.78 is 5.98. The molecule has 4 rings (SSSR count). The van der Waals surface area contributed by atoms with E-state index in [0.29, 0.717) is 29.5 Å². The van der Waals surface area contributed by atoms with Crippen LogP contribution in [-0.2, 0) is 4.74 Å². The largest absolute Gasteiger partial charge is 0.377 e. The quantitative estimate of drug-likeness (QED) is 0.926. The fraction of sp³-hybridized carbons (Fsp3) is 0.611. The molecule has 4 atom stereocenters. The Kier molecular flexibility index (Phi) is 3.06. The second-order valence-electron chi connectivity index (χ2n) is 6.93. The molecule has 1 N–H and O–H groups in total. The van der Waals surface area contributed by atoms with E-state index in [1.165, 1.54) is 31.2 Å². The molecule has 3 nitrogen and oxygen atoms in total. The number of hydrogen-bond donors (Lipinski definition) is 1. The normalized spacial score (nSPS) is 33.6. The van der Waals surface area contributed by atoms with E-state index in [4.69, 9.17) is 10.00 Å². The summed E-state index contributed by atoms with van der Waals surface area (Å²) in [5.41, 5.74) is 2.38. The van der Waals surface area contributed by atoms with Gasteiger partial charge in [-0.3, -0.25) is 0 Å². The Morgan fingerprint density at radius 1 is 1.43 bits per heavy atom. The Balaban J connectivity index is 1.51. The van der Waals surface area contributed by atoms with Crippen LogP contribution < -0.4 is 5.32 Å². The lowest BCUT2D eigenvalue weighted by Crippen LogP contribution is -2.71. The van der Waals surface area contributed by atoms with Gasteiger partial charge >= 0.3 is 0 Å². The number of nitrogens with one attached hydrogen (secondary N) is 1. The lowest BCUT2D eigenvalue weighted by Gasteiger charge is -2.64. The molecule has 0 amide bonds. The monoisotopic (exact) mass is 282 g/mol. The summed E-state index contributed by atoms with van der Waals surface area (Å²) in [6, 6.07) is 11.1. The van der Waals surface area contributed by atoms with Crippen molar-refractivity contribution in [3.8, 4) is 6.07 Å². The summed E-state index contributed by atoms with van der Waals surface area (Å²) >= 11 is 0. The summed E-state index contributed by atoms with van der Waals surface area (Å²) in [7, 11) is 0. The zero-order chi connectivity index (χ0) is 14.4. The van der Waals surface area contributed by atoms with Gasteiger partial charge in [0.1, 0.15) is 0 Å². The van der Waals surface area contributed by atoms with Gasteiger partial charge in [-0.25, -0.2) is 0 Å². The predicted octanol–water partition coefficient (Wildman–Crippen LogP) is 3.17. The van der Waals surface area contributed by atoms with Crippen LogP contribution in [0.15, 0.2) is 24.3 Å². The summed E-state index contributed by atoms with van der Waals surface area (Å²) in [5, 5.41) is 12.9. The van der Waals surface area contributed by atoms with E-state index in [-0.39, 0.29) is 0 Å². The van der Waals surface area contributed by atoms with E-state index >= 15 is 0 Å². The first kappa shape index (κ1) is 13.3. The second kappa shape index (κ2) is 4.83. The van der Waals surface area contributed by atoms with Gasteiger partial charge in [0.15, 0.2) is 0 Å². The first-order chi connectivity index (χ1) is 10.2. The van der Waals surface area contributed by atoms with E-state index in [9.17, 15) is 0 Å². The zero-order valence-corrected chi connectivity index (χ0v) is 12.5. The molecular formula is C18H22N2O. The Bertz CT molecular complexity index is 587. The van der Waals surface area contributed by atoms with Gasteiger partial charge in [0, 0.05) is 30.0 Å². The van der Waals surface area contributed by atoms with Gasteiger partial charge in [-0.2, -0.15) is 5.26 Å². The van der Waals surface area contributed by atoms with Gasteiger partial charge in [-0.05, 0) is 43.9 Å². The maximum Gasteiger partial charge on any atom is 0.0991 e. The SMILES string of the molecule is C[C@H](N[C@@H]1[C@@H]2CCO[C@@H]2C12CCC2)c1cccc(C#N)c1. The molecule has 1 aromatic rings. The standard InChI is InChI=1S/C18H22N2O/c1-12(14-5-2-4-13(10-14)11-19)20-16-15-6-9-21-17(15)18(16)7-3-8-18/h2,4-5,10,12,15-17,20H,3,6-9H2,1H3/t12-,15-,16+,17-/m0/s1. The predicted molar refractivity (Wildman–Crippen MR) is 80.6 cm³/mol. The summed E-state index contributed by atoms with van der Waals surface area (Å²) in [6.45, 7) is 3.15. The van der Waals surface area contributed by atoms with Crippen LogP contribution in [0.1, 0.15) is 49.8 Å². The van der Waals surface area contributed by atoms with Crippen molar-refractivity contribution in [1.29, 1.82) is 5.26 Å². The van der Waals surface area contributed by atoms with E-state index in [2.05, 4.69) is 24.4 Å². The minimum atomic E-state index is 0.294. The number of ether oxygens (including phenoxy) is 1. The molecule has 110 valence electrons. The van der Waals surface area contributed by atoms with Crippen molar-refractivity contribution in [2.75, 3.05) is 6.61 Å². The van der Waals surface area contributed by atoms with E-state index < -0.39 is 0 Å². The Morgan fingerprint density at radius 3 is 3.00 bits per heavy atom. The molecule has 0 radical (unpaired) electrons. The molecule has 3 aliphatic rings. The van der Waals surface area contributed by atoms with Crippen LogP contribution in [-0.4, -0.2) is 18.8 Å². The van der Waals surface area contributed by atoms with Crippen LogP contribution in [0.4, 0.5) is 0 Å². The number of nitriles is 1. The molecule has 1 aromatic carbocycles. The molecule has 1 heterocycles. The summed E-state index contributed by atoms with van der Waals surface area (Å²) in [6.07, 6.45) is 5.70. The maximum atomic E-state index is 9.05. The van der Waals surface area contributed by atoms with Crippen molar-refractivity contribution in [1.82, 2.24) is 5.32 Å². The van der Waals surface area contributed by atoms with Crippen molar-refractivity contribution >= 4 is 0 Å². The minimum Gasteiger partial charge on any atom is -0.377 e. The zero-order valence-electron chi connectivity index (χ0n) is 12.5. The average Bonchev–Trinajstić information content (AvgIpc) is 2.88. The third-order valence-electron chi connectivity index (χ3n) is 5.98. The molecule has 3 heteroatoms. The topological polar surface area (TPSA) is 45.0 Å². The van der Waals surface area contributed by atoms with Crippen molar-refractivity contribution in [2.24, 2.45) is 11.3 Å². The molecular weight excluding hydrogens is 260 g/mol. The fourth-order valence-corrected chi connectivity index (χ4v) is 4.74.